The molecule has 2 aromatic heterocycles. The van der Waals surface area contributed by atoms with Crippen molar-refractivity contribution < 1.29 is 9.47 Å². The lowest BCUT2D eigenvalue weighted by Crippen LogP contribution is -2.01. The van der Waals surface area contributed by atoms with Gasteiger partial charge >= 0.3 is 0 Å². The SMILES string of the molecule is CC.CC.CC.CC.CC.CC(C)C.CC(C)Cc1ccccc1.CC(C)Cc1ccccc1.CC(C)OCc1ccccc1.COC(C)C.c1ccncc1.c1ccncc1. The van der Waals surface area contributed by atoms with Gasteiger partial charge in [0.05, 0.1) is 18.8 Å². The molecule has 0 spiro atoms. The van der Waals surface area contributed by atoms with E-state index in [9.17, 15) is 0 Å². The molecular formula is C58H102N2O2. The van der Waals surface area contributed by atoms with Crippen LogP contribution in [-0.2, 0) is 28.9 Å². The number of hydrogen-bond donors (Lipinski definition) is 0. The lowest BCUT2D eigenvalue weighted by molar-refractivity contribution is 0.0657. The molecule has 5 aromatic rings. The lowest BCUT2D eigenvalue weighted by Gasteiger charge is -2.06. The number of methoxy groups -OCH3 is 1. The van der Waals surface area contributed by atoms with Crippen LogP contribution in [0, 0.1) is 17.8 Å². The van der Waals surface area contributed by atoms with Crippen molar-refractivity contribution in [2.75, 3.05) is 7.11 Å². The van der Waals surface area contributed by atoms with Gasteiger partial charge in [-0.3, -0.25) is 9.97 Å². The number of rotatable bonds is 8. The highest BCUT2D eigenvalue weighted by Gasteiger charge is 1.95. The molecule has 4 heteroatoms. The quantitative estimate of drug-likeness (QED) is 0.156. The molecule has 0 aliphatic carbocycles. The fourth-order valence-electron chi connectivity index (χ4n) is 3.63. The minimum absolute atomic E-state index is 0.315. The Balaban J connectivity index is -0.000000112. The molecule has 0 radical (unpaired) electrons. The van der Waals surface area contributed by atoms with Crippen molar-refractivity contribution in [3.8, 4) is 0 Å². The molecule has 0 unspecified atom stereocenters. The summed E-state index contributed by atoms with van der Waals surface area (Å²) < 4.78 is 10.2. The summed E-state index contributed by atoms with van der Waals surface area (Å²) in [4.78, 5) is 7.57. The largest absolute Gasteiger partial charge is 0.382 e. The second kappa shape index (κ2) is 66.0. The summed E-state index contributed by atoms with van der Waals surface area (Å²) in [6.45, 7) is 44.3. The van der Waals surface area contributed by atoms with E-state index in [1.54, 1.807) is 31.9 Å². The van der Waals surface area contributed by atoms with Crippen molar-refractivity contribution >= 4 is 0 Å². The van der Waals surface area contributed by atoms with Crippen LogP contribution in [0.5, 0.6) is 0 Å². The number of nitrogens with zero attached hydrogens (tertiary/aromatic N) is 2. The van der Waals surface area contributed by atoms with E-state index in [-0.39, 0.29) is 0 Å². The molecule has 0 N–H and O–H groups in total. The van der Waals surface area contributed by atoms with Crippen molar-refractivity contribution in [2.24, 2.45) is 17.8 Å². The van der Waals surface area contributed by atoms with Gasteiger partial charge in [0.15, 0.2) is 0 Å². The summed E-state index contributed by atoms with van der Waals surface area (Å²) >= 11 is 0. The lowest BCUT2D eigenvalue weighted by atomic mass is 10.0. The molecular weight excluding hydrogens is 757 g/mol. The van der Waals surface area contributed by atoms with Gasteiger partial charge in [0.25, 0.3) is 0 Å². The Hall–Kier alpha value is -4.12. The number of aromatic nitrogens is 2. The molecule has 0 bridgehead atoms. The van der Waals surface area contributed by atoms with Gasteiger partial charge in [0, 0.05) is 31.9 Å². The van der Waals surface area contributed by atoms with E-state index in [4.69, 9.17) is 9.47 Å². The molecule has 5 rings (SSSR count). The van der Waals surface area contributed by atoms with Crippen LogP contribution in [0.15, 0.2) is 152 Å². The van der Waals surface area contributed by atoms with Crippen LogP contribution in [0.4, 0.5) is 0 Å². The van der Waals surface area contributed by atoms with Gasteiger partial charge in [-0.25, -0.2) is 0 Å². The van der Waals surface area contributed by atoms with E-state index in [1.165, 1.54) is 29.5 Å². The predicted molar refractivity (Wildman–Crippen MR) is 284 cm³/mol. The number of pyridine rings is 2. The monoisotopic (exact) mass is 859 g/mol. The van der Waals surface area contributed by atoms with Crippen LogP contribution in [0.25, 0.3) is 0 Å². The van der Waals surface area contributed by atoms with E-state index < -0.39 is 0 Å². The van der Waals surface area contributed by atoms with E-state index >= 15 is 0 Å². The van der Waals surface area contributed by atoms with E-state index in [1.807, 2.05) is 152 Å². The minimum Gasteiger partial charge on any atom is -0.382 e. The maximum Gasteiger partial charge on any atom is 0.0720 e. The fraction of sp³-hybridized carbons (Fsp3) is 0.517. The summed E-state index contributed by atoms with van der Waals surface area (Å²) in [7, 11) is 1.70. The normalized spacial score (nSPS) is 8.56. The molecule has 62 heavy (non-hydrogen) atoms. The first-order chi connectivity index (χ1) is 29.9. The summed E-state index contributed by atoms with van der Waals surface area (Å²) in [5.74, 6) is 2.37. The molecule has 2 heterocycles. The zero-order chi connectivity index (χ0) is 49.2. The van der Waals surface area contributed by atoms with Crippen LogP contribution in [0.1, 0.15) is 162 Å². The van der Waals surface area contributed by atoms with Gasteiger partial charge in [-0.2, -0.15) is 0 Å². The Morgan fingerprint density at radius 2 is 0.581 bits per heavy atom. The van der Waals surface area contributed by atoms with Gasteiger partial charge in [0.2, 0.25) is 0 Å². The standard InChI is InChI=1S/C10H14O.2C10H14.2C5H5N.C4H10O.C4H10.5C2H6/c1-9(2)11-8-10-6-4-3-5-7-10;2*1-9(2)8-10-6-4-3-5-7-10;2*1-2-4-6-5-3-1;1-4(2)5-3;1-4(2)3;5*1-2/h3-7,9H,8H2,1-2H3;2*3-7,9H,8H2,1-2H3;2*1-5H;4H,1-3H3;4H,1-3H3;5*1-2H3. The molecule has 0 saturated carbocycles. The van der Waals surface area contributed by atoms with Crippen LogP contribution in [-0.4, -0.2) is 29.3 Å². The summed E-state index contributed by atoms with van der Waals surface area (Å²) in [5, 5.41) is 0. The van der Waals surface area contributed by atoms with Gasteiger partial charge in [0.1, 0.15) is 0 Å². The molecule has 0 fully saturated rings. The zero-order valence-electron chi connectivity index (χ0n) is 44.7. The Morgan fingerprint density at radius 1 is 0.355 bits per heavy atom. The molecule has 0 saturated heterocycles. The van der Waals surface area contributed by atoms with Gasteiger partial charge in [-0.1, -0.05) is 221 Å². The zero-order valence-corrected chi connectivity index (χ0v) is 44.7. The van der Waals surface area contributed by atoms with Crippen molar-refractivity contribution in [1.29, 1.82) is 0 Å². The highest BCUT2D eigenvalue weighted by molar-refractivity contribution is 5.16. The number of hydrogen-bond acceptors (Lipinski definition) is 4. The van der Waals surface area contributed by atoms with Crippen molar-refractivity contribution in [2.45, 2.75) is 177 Å². The third-order valence-electron chi connectivity index (χ3n) is 6.00. The fourth-order valence-corrected chi connectivity index (χ4v) is 3.63. The van der Waals surface area contributed by atoms with Crippen LogP contribution < -0.4 is 0 Å². The molecule has 4 nitrogen and oxygen atoms in total. The van der Waals surface area contributed by atoms with Crippen LogP contribution >= 0.6 is 0 Å². The first-order valence-electron chi connectivity index (χ1n) is 23.8. The Labute approximate surface area is 388 Å². The Morgan fingerprint density at radius 3 is 0.742 bits per heavy atom. The van der Waals surface area contributed by atoms with Crippen molar-refractivity contribution in [1.82, 2.24) is 9.97 Å². The molecule has 356 valence electrons. The summed E-state index contributed by atoms with van der Waals surface area (Å²) in [6, 6.07) is 42.9. The average molecular weight is 859 g/mol. The first-order valence-corrected chi connectivity index (χ1v) is 23.8. The number of benzene rings is 3. The van der Waals surface area contributed by atoms with Gasteiger partial charge < -0.3 is 9.47 Å². The highest BCUT2D eigenvalue weighted by atomic mass is 16.5. The third-order valence-corrected chi connectivity index (χ3v) is 6.00. The summed E-state index contributed by atoms with van der Waals surface area (Å²) in [5.41, 5.74) is 4.12. The van der Waals surface area contributed by atoms with E-state index in [0.717, 1.165) is 24.4 Å². The van der Waals surface area contributed by atoms with Crippen molar-refractivity contribution in [3.05, 3.63) is 169 Å². The highest BCUT2D eigenvalue weighted by Crippen LogP contribution is 2.07. The topological polar surface area (TPSA) is 44.2 Å². The van der Waals surface area contributed by atoms with Crippen LogP contribution in [0.2, 0.25) is 0 Å². The molecule has 0 atom stereocenters. The Kier molecular flexibility index (Phi) is 77.0. The van der Waals surface area contributed by atoms with E-state index in [2.05, 4.69) is 131 Å². The molecule has 3 aromatic carbocycles. The van der Waals surface area contributed by atoms with Gasteiger partial charge in [-0.15, -0.1) is 0 Å². The second-order valence-electron chi connectivity index (χ2n) is 14.1. The average Bonchev–Trinajstić information content (AvgIpc) is 3.32. The summed E-state index contributed by atoms with van der Waals surface area (Å²) in [6.07, 6.45) is 10.1. The minimum atomic E-state index is 0.315. The smallest absolute Gasteiger partial charge is 0.0720 e. The third kappa shape index (κ3) is 76.6. The van der Waals surface area contributed by atoms with E-state index in [0.29, 0.717) is 12.2 Å². The molecule has 0 aliphatic rings. The Bertz CT molecular complexity index is 1200. The second-order valence-corrected chi connectivity index (χ2v) is 14.1. The van der Waals surface area contributed by atoms with Crippen LogP contribution in [0.3, 0.4) is 0 Å². The predicted octanol–water partition coefficient (Wildman–Crippen LogP) is 18.4. The number of ether oxygens (including phenoxy) is 2. The first kappa shape index (κ1) is 72.3. The molecule has 0 amide bonds. The van der Waals surface area contributed by atoms with Crippen molar-refractivity contribution in [3.63, 3.8) is 0 Å². The maximum atomic E-state index is 5.43. The maximum absolute atomic E-state index is 5.43. The molecule has 0 aliphatic heterocycles. The van der Waals surface area contributed by atoms with Gasteiger partial charge in [-0.05, 0) is 99.2 Å².